The second kappa shape index (κ2) is 25.5. The van der Waals surface area contributed by atoms with E-state index in [1.165, 1.54) is 40.1 Å². The van der Waals surface area contributed by atoms with Gasteiger partial charge in [0.05, 0.1) is 39.9 Å². The first kappa shape index (κ1) is 60.4. The van der Waals surface area contributed by atoms with E-state index >= 15 is 4.57 Å². The molecular weight excluding hydrogens is 1210 g/mol. The van der Waals surface area contributed by atoms with E-state index in [2.05, 4.69) is 25.3 Å². The third kappa shape index (κ3) is 11.4. The van der Waals surface area contributed by atoms with Gasteiger partial charge >= 0.3 is 13.4 Å². The zero-order valence-corrected chi connectivity index (χ0v) is 51.4. The van der Waals surface area contributed by atoms with Gasteiger partial charge in [-0.05, 0) is 77.7 Å². The van der Waals surface area contributed by atoms with E-state index in [1.807, 2.05) is 164 Å². The lowest BCUT2D eigenvalue weighted by Gasteiger charge is -2.41. The number of carbonyl (C=O) groups excluding carboxylic acids is 1. The molecule has 0 spiro atoms. The predicted octanol–water partition coefficient (Wildman–Crippen LogP) is 11.3. The third-order valence-corrected chi connectivity index (χ3v) is 18.9. The van der Waals surface area contributed by atoms with Crippen molar-refractivity contribution in [3.05, 3.63) is 291 Å². The smallest absolute Gasteiger partial charge is 0.440 e. The molecular formula is C70H62N9O13P. The topological polar surface area (TPSA) is 246 Å². The number of anilines is 1. The maximum absolute atomic E-state index is 16.4. The quantitative estimate of drug-likeness (QED) is 0.0501. The second-order valence-corrected chi connectivity index (χ2v) is 24.4. The van der Waals surface area contributed by atoms with Crippen LogP contribution in [0.25, 0.3) is 11.2 Å². The molecule has 7 heterocycles. The van der Waals surface area contributed by atoms with Crippen LogP contribution in [-0.2, 0) is 43.8 Å². The number of carbonyl (C=O) groups is 1. The lowest BCUT2D eigenvalue weighted by molar-refractivity contribution is -0.102. The molecule has 11 aromatic rings. The average Bonchev–Trinajstić information content (AvgIpc) is 1.37. The minimum atomic E-state index is -4.67. The monoisotopic (exact) mass is 1270 g/mol. The number of nitrogens with zero attached hydrogens (tertiary/aromatic N) is 7. The van der Waals surface area contributed by atoms with Crippen molar-refractivity contribution in [3.8, 4) is 23.0 Å². The highest BCUT2D eigenvalue weighted by atomic mass is 31.2. The Morgan fingerprint density at radius 3 is 1.89 bits per heavy atom. The van der Waals surface area contributed by atoms with Gasteiger partial charge < -0.3 is 38.5 Å². The molecule has 2 saturated heterocycles. The Hall–Kier alpha value is -10.2. The summed E-state index contributed by atoms with van der Waals surface area (Å²) < 4.78 is 81.5. The zero-order chi connectivity index (χ0) is 63.7. The highest BCUT2D eigenvalue weighted by Gasteiger charge is 2.51. The summed E-state index contributed by atoms with van der Waals surface area (Å²) in [6.07, 6.45) is 2.52. The molecule has 23 heteroatoms. The number of H-pyrrole nitrogens is 1. The van der Waals surface area contributed by atoms with Gasteiger partial charge in [0.1, 0.15) is 72.0 Å². The van der Waals surface area contributed by atoms with Gasteiger partial charge in [-0.3, -0.25) is 32.8 Å². The van der Waals surface area contributed by atoms with Gasteiger partial charge in [0.25, 0.3) is 11.5 Å². The van der Waals surface area contributed by atoms with Gasteiger partial charge in [-0.2, -0.15) is 0 Å². The predicted molar refractivity (Wildman–Crippen MR) is 341 cm³/mol. The number of methoxy groups -OCH3 is 2. The van der Waals surface area contributed by atoms with E-state index in [4.69, 9.17) is 47.2 Å². The molecule has 14 rings (SSSR count). The van der Waals surface area contributed by atoms with Crippen LogP contribution in [0.5, 0.6) is 23.0 Å². The number of para-hydroxylation sites is 2. The van der Waals surface area contributed by atoms with Crippen LogP contribution in [0.3, 0.4) is 0 Å². The molecule has 0 radical (unpaired) electrons. The minimum absolute atomic E-state index is 0.0729. The molecule has 2 fully saturated rings. The summed E-state index contributed by atoms with van der Waals surface area (Å²) in [5.74, 6) is 2.18. The molecule has 0 bridgehead atoms. The Bertz CT molecular complexity index is 4540. The first-order valence-corrected chi connectivity index (χ1v) is 31.6. The number of imidazole rings is 2. The summed E-state index contributed by atoms with van der Waals surface area (Å²) in [7, 11) is -1.47. The number of nitrogens with one attached hydrogen (secondary N) is 2. The Balaban J connectivity index is 0.851. The van der Waals surface area contributed by atoms with E-state index in [0.717, 1.165) is 33.4 Å². The van der Waals surface area contributed by atoms with Crippen LogP contribution in [0.4, 0.5) is 5.82 Å². The largest absolute Gasteiger partial charge is 0.497 e. The molecule has 4 aromatic heterocycles. The van der Waals surface area contributed by atoms with Crippen molar-refractivity contribution in [1.29, 1.82) is 0 Å². The molecule has 2 N–H and O–H groups in total. The summed E-state index contributed by atoms with van der Waals surface area (Å²) in [5, 5.41) is 2.89. The van der Waals surface area contributed by atoms with Crippen LogP contribution in [-0.4, -0.2) is 96.1 Å². The molecule has 470 valence electrons. The van der Waals surface area contributed by atoms with Crippen molar-refractivity contribution in [2.45, 2.75) is 67.8 Å². The standard InChI is InChI=1S/C70H62N9O13P/c1-45-39-78(68(82)76-66(45)80)61-38-58(59(89-61)40-86-70(48-21-11-6-12-22-48)53-23-13-15-25-55(53)88-56-26-16-14-24-54(56)70)92-93(83,77-36-35-71-43-77)87-41-60-57(37-62(90-60)79-44-74-63-64(72-42-73-65(63)79)75-67(81)46-17-7-4-8-18-46)91-69(47-19-9-5-10-20-47,49-27-31-51(84-2)32-28-49)50-29-33-52(85-3)34-30-50/h4-36,39,42-44,57-62H,37-38,40-41H2,1-3H3,(H,76,80,82)(H,72,73,75,81)/t57-,58-,59+,60+,61+,62+,93?/m0/s1. The zero-order valence-electron chi connectivity index (χ0n) is 50.5. The van der Waals surface area contributed by atoms with Gasteiger partial charge in [0, 0.05) is 53.7 Å². The average molecular weight is 1270 g/mol. The molecule has 7 aromatic carbocycles. The van der Waals surface area contributed by atoms with Gasteiger partial charge in [0.15, 0.2) is 22.6 Å². The first-order valence-electron chi connectivity index (χ1n) is 30.1. The highest BCUT2D eigenvalue weighted by molar-refractivity contribution is 7.52. The second-order valence-electron chi connectivity index (χ2n) is 22.5. The molecule has 0 aliphatic carbocycles. The fraction of sp³-hybridized carbons (Fsp3) is 0.214. The van der Waals surface area contributed by atoms with Crippen molar-refractivity contribution >= 4 is 30.6 Å². The lowest BCUT2D eigenvalue weighted by atomic mass is 9.77. The van der Waals surface area contributed by atoms with Crippen molar-refractivity contribution in [2.75, 3.05) is 32.8 Å². The molecule has 3 aliphatic rings. The fourth-order valence-corrected chi connectivity index (χ4v) is 14.1. The van der Waals surface area contributed by atoms with Crippen molar-refractivity contribution in [3.63, 3.8) is 0 Å². The van der Waals surface area contributed by atoms with Gasteiger partial charge in [-0.1, -0.05) is 140 Å². The number of aryl methyl sites for hydroxylation is 1. The van der Waals surface area contributed by atoms with Gasteiger partial charge in [0.2, 0.25) is 0 Å². The van der Waals surface area contributed by atoms with E-state index in [-0.39, 0.29) is 30.8 Å². The molecule has 22 nitrogen and oxygen atoms in total. The number of aromatic nitrogens is 8. The number of aromatic amines is 1. The van der Waals surface area contributed by atoms with E-state index in [1.54, 1.807) is 56.3 Å². The number of benzene rings is 7. The maximum Gasteiger partial charge on any atom is 0.440 e. The number of rotatable bonds is 21. The summed E-state index contributed by atoms with van der Waals surface area (Å²) in [6, 6.07) is 58.8. The number of ether oxygens (including phenoxy) is 7. The molecule has 3 aliphatic heterocycles. The number of fused-ring (bicyclic) bond motifs is 3. The fourth-order valence-electron chi connectivity index (χ4n) is 12.5. The van der Waals surface area contributed by atoms with E-state index < -0.39 is 79.6 Å². The Labute approximate surface area is 532 Å². The van der Waals surface area contributed by atoms with Gasteiger partial charge in [-0.15, -0.1) is 0 Å². The SMILES string of the molecule is COc1ccc(C(O[C@H]2C[C@H](n3cnc4c(NC(=O)c5ccccc5)ncnc43)O[C@@H]2COP(=O)(O[C@H]2C[C@H](n3cc(C)c(=O)[nH]c3=O)O[C@@H]2COC2(c3ccccc3)c3ccccc3Oc3ccccc32)n2ccnc2)(c2ccccc2)c2ccc(OC)cc2)cc1. The molecule has 1 unspecified atom stereocenters. The summed E-state index contributed by atoms with van der Waals surface area (Å²) in [4.78, 5) is 60.6. The number of amides is 1. The molecule has 93 heavy (non-hydrogen) atoms. The first-order chi connectivity index (χ1) is 45.4. The Morgan fingerprint density at radius 2 is 1.26 bits per heavy atom. The van der Waals surface area contributed by atoms with Crippen molar-refractivity contribution < 1.29 is 51.6 Å². The summed E-state index contributed by atoms with van der Waals surface area (Å²) in [6.45, 7) is 0.954. The van der Waals surface area contributed by atoms with Crippen LogP contribution in [0.2, 0.25) is 0 Å². The van der Waals surface area contributed by atoms with Crippen molar-refractivity contribution in [2.24, 2.45) is 0 Å². The normalized spacial score (nSPS) is 19.6. The summed E-state index contributed by atoms with van der Waals surface area (Å²) >= 11 is 0. The highest BCUT2D eigenvalue weighted by Crippen LogP contribution is 2.56. The van der Waals surface area contributed by atoms with E-state index in [0.29, 0.717) is 39.7 Å². The van der Waals surface area contributed by atoms with Crippen molar-refractivity contribution in [1.82, 2.24) is 38.4 Å². The Morgan fingerprint density at radius 1 is 0.677 bits per heavy atom. The van der Waals surface area contributed by atoms with Crippen LogP contribution in [0.1, 0.15) is 74.6 Å². The number of hydrogen-bond acceptors (Lipinski definition) is 17. The maximum atomic E-state index is 16.4. The number of hydrogen-bond donors (Lipinski definition) is 2. The molecule has 1 amide bonds. The van der Waals surface area contributed by atoms with Crippen LogP contribution < -0.4 is 30.8 Å². The Kier molecular flexibility index (Phi) is 16.6. The van der Waals surface area contributed by atoms with Crippen LogP contribution in [0.15, 0.2) is 235 Å². The molecule has 7 atom stereocenters. The van der Waals surface area contributed by atoms with E-state index in [9.17, 15) is 14.4 Å². The summed E-state index contributed by atoms with van der Waals surface area (Å²) in [5.41, 5.74) is 1.81. The van der Waals surface area contributed by atoms with Crippen LogP contribution in [0, 0.1) is 6.92 Å². The third-order valence-electron chi connectivity index (χ3n) is 17.1. The molecule has 0 saturated carbocycles. The minimum Gasteiger partial charge on any atom is -0.497 e. The lowest BCUT2D eigenvalue weighted by Crippen LogP contribution is -2.41. The van der Waals surface area contributed by atoms with Crippen LogP contribution >= 0.6 is 7.75 Å². The van der Waals surface area contributed by atoms with Gasteiger partial charge in [-0.25, -0.2) is 33.6 Å².